The summed E-state index contributed by atoms with van der Waals surface area (Å²) in [7, 11) is 3.72. The maximum atomic E-state index is 11.6. The second-order valence-electron chi connectivity index (χ2n) is 3.28. The maximum Gasteiger partial charge on any atom is 0.149 e. The van der Waals surface area contributed by atoms with Gasteiger partial charge in [-0.2, -0.15) is 0 Å². The molecule has 0 radical (unpaired) electrons. The third-order valence-electron chi connectivity index (χ3n) is 2.55. The molecule has 1 unspecified atom stereocenters. The van der Waals surface area contributed by atoms with Crippen molar-refractivity contribution >= 4 is 27.4 Å². The van der Waals surface area contributed by atoms with E-state index in [1.165, 1.54) is 12.2 Å². The minimum atomic E-state index is 0.0723. The quantitative estimate of drug-likeness (QED) is 0.544. The molecule has 1 saturated carbocycles. The van der Waals surface area contributed by atoms with Crippen LogP contribution in [0.15, 0.2) is 0 Å². The molecular weight excluding hydrogens is 176 g/mol. The van der Waals surface area contributed by atoms with Crippen LogP contribution in [0.3, 0.4) is 0 Å². The first-order valence-electron chi connectivity index (χ1n) is 4.17. The van der Waals surface area contributed by atoms with Gasteiger partial charge in [-0.15, -0.1) is 0 Å². The zero-order valence-corrected chi connectivity index (χ0v) is 8.10. The fourth-order valence-electron chi connectivity index (χ4n) is 1.82. The van der Waals surface area contributed by atoms with Crippen LogP contribution in [0.2, 0.25) is 0 Å². The zero-order chi connectivity index (χ0) is 7.73. The summed E-state index contributed by atoms with van der Waals surface area (Å²) in [6.07, 6.45) is 5.50. The minimum absolute atomic E-state index is 0.0723. The second-order valence-corrected chi connectivity index (χ2v) is 6.08. The number of rotatable bonds is 0. The van der Waals surface area contributed by atoms with E-state index in [9.17, 15) is 4.79 Å². The summed E-state index contributed by atoms with van der Waals surface area (Å²) in [6.45, 7) is 0. The summed E-state index contributed by atoms with van der Waals surface area (Å²) in [6, 6.07) is 0. The molecule has 3 heteroatoms. The lowest BCUT2D eigenvalue weighted by Crippen LogP contribution is -2.35. The molecule has 2 aliphatic rings. The molecule has 0 aromatic rings. The molecule has 1 aliphatic carbocycles. The fourth-order valence-corrected chi connectivity index (χ4v) is 5.25. The SMILES string of the molecule is O=C1CCCCC12CCSS2. The van der Waals surface area contributed by atoms with Crippen molar-refractivity contribution in [3.05, 3.63) is 0 Å². The van der Waals surface area contributed by atoms with Gasteiger partial charge in [0.05, 0.1) is 4.75 Å². The van der Waals surface area contributed by atoms with E-state index in [1.54, 1.807) is 0 Å². The van der Waals surface area contributed by atoms with Crippen molar-refractivity contribution in [2.75, 3.05) is 5.75 Å². The third-order valence-corrected chi connectivity index (χ3v) is 5.80. The molecular formula is C8H12OS2. The normalized spacial score (nSPS) is 38.4. The standard InChI is InChI=1S/C8H12OS2/c9-7-3-1-2-4-8(7)5-6-10-11-8/h1-6H2. The van der Waals surface area contributed by atoms with E-state index < -0.39 is 0 Å². The predicted molar refractivity (Wildman–Crippen MR) is 50.9 cm³/mol. The second kappa shape index (κ2) is 3.02. The first-order valence-corrected chi connectivity index (χ1v) is 6.49. The maximum absolute atomic E-state index is 11.6. The number of ketones is 1. The first-order chi connectivity index (χ1) is 5.33. The van der Waals surface area contributed by atoms with E-state index >= 15 is 0 Å². The Morgan fingerprint density at radius 2 is 2.18 bits per heavy atom. The average Bonchev–Trinajstić information content (AvgIpc) is 2.46. The lowest BCUT2D eigenvalue weighted by Gasteiger charge is -2.29. The Bertz CT molecular complexity index is 173. The van der Waals surface area contributed by atoms with Crippen molar-refractivity contribution in [3.8, 4) is 0 Å². The van der Waals surface area contributed by atoms with Gasteiger partial charge in [-0.1, -0.05) is 28.0 Å². The van der Waals surface area contributed by atoms with Crippen molar-refractivity contribution in [1.82, 2.24) is 0 Å². The Morgan fingerprint density at radius 1 is 1.27 bits per heavy atom. The molecule has 1 heterocycles. The molecule has 1 aliphatic heterocycles. The summed E-state index contributed by atoms with van der Waals surface area (Å²) < 4.78 is 0.0723. The van der Waals surface area contributed by atoms with Crippen LogP contribution in [0.1, 0.15) is 32.1 Å². The van der Waals surface area contributed by atoms with Crippen molar-refractivity contribution in [2.24, 2.45) is 0 Å². The van der Waals surface area contributed by atoms with Crippen LogP contribution < -0.4 is 0 Å². The summed E-state index contributed by atoms with van der Waals surface area (Å²) >= 11 is 0. The van der Waals surface area contributed by atoms with Crippen molar-refractivity contribution in [2.45, 2.75) is 36.9 Å². The van der Waals surface area contributed by atoms with Gasteiger partial charge < -0.3 is 0 Å². The molecule has 0 bridgehead atoms. The summed E-state index contributed by atoms with van der Waals surface area (Å²) in [5.41, 5.74) is 0. The predicted octanol–water partition coefficient (Wildman–Crippen LogP) is 2.65. The molecule has 0 N–H and O–H groups in total. The number of carbonyl (C=O) groups is 1. The monoisotopic (exact) mass is 188 g/mol. The Morgan fingerprint density at radius 3 is 2.82 bits per heavy atom. The van der Waals surface area contributed by atoms with E-state index in [1.807, 2.05) is 21.6 Å². The number of carbonyl (C=O) groups excluding carboxylic acids is 1. The van der Waals surface area contributed by atoms with E-state index in [0.29, 0.717) is 5.78 Å². The van der Waals surface area contributed by atoms with Gasteiger partial charge >= 0.3 is 0 Å². The minimum Gasteiger partial charge on any atom is -0.298 e. The van der Waals surface area contributed by atoms with Crippen LogP contribution in [0.5, 0.6) is 0 Å². The zero-order valence-electron chi connectivity index (χ0n) is 6.47. The molecule has 0 amide bonds. The number of hydrogen-bond acceptors (Lipinski definition) is 3. The number of hydrogen-bond donors (Lipinski definition) is 0. The largest absolute Gasteiger partial charge is 0.298 e. The number of Topliss-reactive ketones (excluding diaryl/α,β-unsaturated/α-hetero) is 1. The molecule has 1 atom stereocenters. The lowest BCUT2D eigenvalue weighted by molar-refractivity contribution is -0.122. The molecule has 62 valence electrons. The highest BCUT2D eigenvalue weighted by Gasteiger charge is 2.43. The van der Waals surface area contributed by atoms with Gasteiger partial charge in [0.2, 0.25) is 0 Å². The summed E-state index contributed by atoms with van der Waals surface area (Å²) in [4.78, 5) is 11.6. The summed E-state index contributed by atoms with van der Waals surface area (Å²) in [5.74, 6) is 1.70. The average molecular weight is 188 g/mol. The van der Waals surface area contributed by atoms with E-state index in [-0.39, 0.29) is 4.75 Å². The smallest absolute Gasteiger partial charge is 0.149 e. The highest BCUT2D eigenvalue weighted by Crippen LogP contribution is 2.52. The van der Waals surface area contributed by atoms with E-state index in [2.05, 4.69) is 0 Å². The van der Waals surface area contributed by atoms with Crippen LogP contribution in [0, 0.1) is 0 Å². The fraction of sp³-hybridized carbons (Fsp3) is 0.875. The molecule has 0 aromatic carbocycles. The molecule has 1 spiro atoms. The van der Waals surface area contributed by atoms with Gasteiger partial charge in [-0.05, 0) is 19.3 Å². The van der Waals surface area contributed by atoms with Crippen molar-refractivity contribution in [3.63, 3.8) is 0 Å². The first kappa shape index (κ1) is 7.99. The highest BCUT2D eigenvalue weighted by atomic mass is 33.1. The van der Waals surface area contributed by atoms with Crippen LogP contribution >= 0.6 is 21.6 Å². The van der Waals surface area contributed by atoms with Gasteiger partial charge in [-0.3, -0.25) is 4.79 Å². The van der Waals surface area contributed by atoms with Crippen LogP contribution in [-0.4, -0.2) is 16.3 Å². The van der Waals surface area contributed by atoms with Crippen LogP contribution in [0.25, 0.3) is 0 Å². The Hall–Kier alpha value is 0.370. The highest BCUT2D eigenvalue weighted by molar-refractivity contribution is 8.77. The topological polar surface area (TPSA) is 17.1 Å². The Labute approximate surface area is 75.1 Å². The lowest BCUT2D eigenvalue weighted by atomic mass is 9.85. The van der Waals surface area contributed by atoms with Gasteiger partial charge in [0, 0.05) is 12.2 Å². The Balaban J connectivity index is 2.13. The molecule has 2 rings (SSSR count). The van der Waals surface area contributed by atoms with Crippen molar-refractivity contribution < 1.29 is 4.79 Å². The van der Waals surface area contributed by atoms with Gasteiger partial charge in [0.25, 0.3) is 0 Å². The van der Waals surface area contributed by atoms with Gasteiger partial charge in [0.15, 0.2) is 0 Å². The molecule has 2 fully saturated rings. The molecule has 11 heavy (non-hydrogen) atoms. The summed E-state index contributed by atoms with van der Waals surface area (Å²) in [5, 5.41) is 0. The molecule has 1 saturated heterocycles. The van der Waals surface area contributed by atoms with Crippen molar-refractivity contribution in [1.29, 1.82) is 0 Å². The Kier molecular flexibility index (Phi) is 2.19. The van der Waals surface area contributed by atoms with Gasteiger partial charge in [0.1, 0.15) is 5.78 Å². The molecule has 0 aromatic heterocycles. The van der Waals surface area contributed by atoms with E-state index in [0.717, 1.165) is 25.7 Å². The van der Waals surface area contributed by atoms with Crippen LogP contribution in [0.4, 0.5) is 0 Å². The van der Waals surface area contributed by atoms with Gasteiger partial charge in [-0.25, -0.2) is 0 Å². The van der Waals surface area contributed by atoms with Crippen LogP contribution in [-0.2, 0) is 4.79 Å². The third kappa shape index (κ3) is 1.33. The molecule has 1 nitrogen and oxygen atoms in total. The van der Waals surface area contributed by atoms with E-state index in [4.69, 9.17) is 0 Å².